The number of hydrogen-bond donors (Lipinski definition) is 1. The van der Waals surface area contributed by atoms with Crippen LogP contribution in [-0.4, -0.2) is 12.5 Å². The lowest BCUT2D eigenvalue weighted by Crippen LogP contribution is -2.25. The molecule has 1 N–H and O–H groups in total. The Labute approximate surface area is 106 Å². The van der Waals surface area contributed by atoms with Crippen LogP contribution in [-0.2, 0) is 16.4 Å². The van der Waals surface area contributed by atoms with Crippen LogP contribution in [0, 0.1) is 0 Å². The van der Waals surface area contributed by atoms with Crippen molar-refractivity contribution in [3.63, 3.8) is 0 Å². The van der Waals surface area contributed by atoms with E-state index in [1.807, 2.05) is 54.6 Å². The molecule has 0 aliphatic carbocycles. The van der Waals surface area contributed by atoms with Gasteiger partial charge in [0.25, 0.3) is 0 Å². The van der Waals surface area contributed by atoms with Gasteiger partial charge in [-0.25, -0.2) is 5.11 Å². The van der Waals surface area contributed by atoms with Crippen molar-refractivity contribution in [2.75, 3.05) is 6.61 Å². The highest BCUT2D eigenvalue weighted by Crippen LogP contribution is 2.23. The normalized spacial score (nSPS) is 10.1. The summed E-state index contributed by atoms with van der Waals surface area (Å²) in [5.41, 5.74) is 3.18. The van der Waals surface area contributed by atoms with Gasteiger partial charge in [-0.05, 0) is 16.7 Å². The summed E-state index contributed by atoms with van der Waals surface area (Å²) in [5, 5.41) is 13.0. The van der Waals surface area contributed by atoms with E-state index in [0.29, 0.717) is 6.54 Å². The molecule has 0 aliphatic heterocycles. The number of benzene rings is 2. The molecule has 3 nitrogen and oxygen atoms in total. The Morgan fingerprint density at radius 2 is 1.61 bits per heavy atom. The zero-order valence-electron chi connectivity index (χ0n) is 9.93. The fourth-order valence-corrected chi connectivity index (χ4v) is 1.82. The average Bonchev–Trinajstić information content (AvgIpc) is 2.46. The van der Waals surface area contributed by atoms with Gasteiger partial charge in [0.1, 0.15) is 0 Å². The van der Waals surface area contributed by atoms with Crippen molar-refractivity contribution in [1.82, 2.24) is 5.32 Å². The number of carbonyl (C=O) groups excluding carboxylic acids is 1. The minimum absolute atomic E-state index is 0.381. The molecule has 0 saturated heterocycles. The van der Waals surface area contributed by atoms with E-state index in [9.17, 15) is 9.90 Å². The molecular formula is C15H14NO2. The van der Waals surface area contributed by atoms with Gasteiger partial charge >= 0.3 is 0 Å². The molecule has 0 unspecified atom stereocenters. The highest BCUT2D eigenvalue weighted by Gasteiger charge is 2.05. The lowest BCUT2D eigenvalue weighted by molar-refractivity contribution is -0.125. The Bertz CT molecular complexity index is 523. The molecule has 1 radical (unpaired) electrons. The van der Waals surface area contributed by atoms with E-state index in [4.69, 9.17) is 0 Å². The Morgan fingerprint density at radius 3 is 2.33 bits per heavy atom. The number of carbonyl (C=O) groups is 1. The lowest BCUT2D eigenvalue weighted by atomic mass is 10.00. The van der Waals surface area contributed by atoms with Crippen LogP contribution in [0.5, 0.6) is 0 Å². The van der Waals surface area contributed by atoms with Crippen molar-refractivity contribution < 1.29 is 9.90 Å². The predicted molar refractivity (Wildman–Crippen MR) is 69.3 cm³/mol. The van der Waals surface area contributed by atoms with Crippen LogP contribution < -0.4 is 5.32 Å². The molecule has 2 aromatic carbocycles. The van der Waals surface area contributed by atoms with Gasteiger partial charge in [0.15, 0.2) is 6.61 Å². The second kappa shape index (κ2) is 5.98. The van der Waals surface area contributed by atoms with E-state index in [0.717, 1.165) is 16.7 Å². The topological polar surface area (TPSA) is 49.0 Å². The van der Waals surface area contributed by atoms with Crippen molar-refractivity contribution in [2.24, 2.45) is 0 Å². The van der Waals surface area contributed by atoms with Gasteiger partial charge in [-0.2, -0.15) is 0 Å². The predicted octanol–water partition coefficient (Wildman–Crippen LogP) is 2.40. The summed E-state index contributed by atoms with van der Waals surface area (Å²) in [7, 11) is 0. The van der Waals surface area contributed by atoms with E-state index in [-0.39, 0.29) is 0 Å². The molecule has 18 heavy (non-hydrogen) atoms. The van der Waals surface area contributed by atoms with Crippen molar-refractivity contribution >= 4 is 5.91 Å². The van der Waals surface area contributed by atoms with Crippen molar-refractivity contribution in [1.29, 1.82) is 0 Å². The van der Waals surface area contributed by atoms with E-state index in [1.54, 1.807) is 0 Å². The average molecular weight is 240 g/mol. The molecule has 0 heterocycles. The largest absolute Gasteiger partial charge is 0.350 e. The summed E-state index contributed by atoms with van der Waals surface area (Å²) < 4.78 is 0. The van der Waals surface area contributed by atoms with E-state index in [2.05, 4.69) is 5.32 Å². The molecule has 1 amide bonds. The summed E-state index contributed by atoms with van der Waals surface area (Å²) in [6.45, 7) is -0.348. The molecule has 91 valence electrons. The molecule has 2 rings (SSSR count). The lowest BCUT2D eigenvalue weighted by Gasteiger charge is -2.10. The molecular weight excluding hydrogens is 226 g/mol. The third-order valence-corrected chi connectivity index (χ3v) is 2.71. The minimum Gasteiger partial charge on any atom is -0.350 e. The van der Waals surface area contributed by atoms with E-state index < -0.39 is 12.5 Å². The highest BCUT2D eigenvalue weighted by atomic mass is 16.3. The SMILES string of the molecule is [O]CC(=O)NCc1ccccc1-c1ccccc1. The van der Waals surface area contributed by atoms with Crippen LogP contribution in [0.1, 0.15) is 5.56 Å². The van der Waals surface area contributed by atoms with Gasteiger partial charge in [0.05, 0.1) is 0 Å². The second-order valence-electron chi connectivity index (χ2n) is 3.94. The first-order chi connectivity index (χ1) is 8.81. The smallest absolute Gasteiger partial charge is 0.249 e. The number of rotatable bonds is 4. The first-order valence-electron chi connectivity index (χ1n) is 5.79. The van der Waals surface area contributed by atoms with Gasteiger partial charge in [-0.15, -0.1) is 0 Å². The summed E-state index contributed by atoms with van der Waals surface area (Å²) in [6, 6.07) is 17.8. The van der Waals surface area contributed by atoms with Crippen molar-refractivity contribution in [3.05, 3.63) is 60.2 Å². The molecule has 2 aromatic rings. The van der Waals surface area contributed by atoms with Crippen LogP contribution in [0.15, 0.2) is 54.6 Å². The zero-order valence-corrected chi connectivity index (χ0v) is 9.93. The summed E-state index contributed by atoms with van der Waals surface area (Å²) >= 11 is 0. The quantitative estimate of drug-likeness (QED) is 0.876. The van der Waals surface area contributed by atoms with Crippen LogP contribution in [0.25, 0.3) is 11.1 Å². The number of hydrogen-bond acceptors (Lipinski definition) is 1. The minimum atomic E-state index is -0.729. The zero-order chi connectivity index (χ0) is 12.8. The first kappa shape index (κ1) is 12.3. The molecule has 0 fully saturated rings. The van der Waals surface area contributed by atoms with E-state index in [1.165, 1.54) is 0 Å². The Morgan fingerprint density at radius 1 is 0.944 bits per heavy atom. The van der Waals surface area contributed by atoms with Crippen molar-refractivity contribution in [2.45, 2.75) is 6.54 Å². The maximum atomic E-state index is 11.0. The van der Waals surface area contributed by atoms with Gasteiger partial charge in [-0.3, -0.25) is 4.79 Å². The molecule has 0 atom stereocenters. The maximum absolute atomic E-state index is 11.0. The molecule has 0 saturated carbocycles. The second-order valence-corrected chi connectivity index (χ2v) is 3.94. The Balaban J connectivity index is 2.24. The molecule has 3 heteroatoms. The Kier molecular flexibility index (Phi) is 4.10. The maximum Gasteiger partial charge on any atom is 0.249 e. The van der Waals surface area contributed by atoms with Gasteiger partial charge in [0.2, 0.25) is 5.91 Å². The molecule has 0 aromatic heterocycles. The van der Waals surface area contributed by atoms with Crippen LogP contribution in [0.4, 0.5) is 0 Å². The summed E-state index contributed by atoms with van der Waals surface area (Å²) in [5.74, 6) is -0.474. The van der Waals surface area contributed by atoms with Gasteiger partial charge in [-0.1, -0.05) is 54.6 Å². The van der Waals surface area contributed by atoms with Crippen LogP contribution in [0.2, 0.25) is 0 Å². The third-order valence-electron chi connectivity index (χ3n) is 2.71. The fraction of sp³-hybridized carbons (Fsp3) is 0.133. The third kappa shape index (κ3) is 2.96. The number of nitrogens with one attached hydrogen (secondary N) is 1. The summed E-state index contributed by atoms with van der Waals surface area (Å²) in [4.78, 5) is 11.0. The molecule has 0 bridgehead atoms. The standard InChI is InChI=1S/C15H14NO2/c17-11-15(18)16-10-13-8-4-5-9-14(13)12-6-2-1-3-7-12/h1-9H,10-11H2,(H,16,18). The summed E-state index contributed by atoms with van der Waals surface area (Å²) in [6.07, 6.45) is 0. The van der Waals surface area contributed by atoms with E-state index >= 15 is 0 Å². The Hall–Kier alpha value is -2.13. The first-order valence-corrected chi connectivity index (χ1v) is 5.79. The van der Waals surface area contributed by atoms with Crippen LogP contribution >= 0.6 is 0 Å². The highest BCUT2D eigenvalue weighted by molar-refractivity contribution is 5.77. The van der Waals surface area contributed by atoms with Gasteiger partial charge in [0, 0.05) is 6.54 Å². The van der Waals surface area contributed by atoms with Gasteiger partial charge < -0.3 is 5.32 Å². The fourth-order valence-electron chi connectivity index (χ4n) is 1.82. The van der Waals surface area contributed by atoms with Crippen molar-refractivity contribution in [3.8, 4) is 11.1 Å². The molecule has 0 aliphatic rings. The molecule has 0 spiro atoms. The van der Waals surface area contributed by atoms with Crippen LogP contribution in [0.3, 0.4) is 0 Å². The monoisotopic (exact) mass is 240 g/mol. The number of amides is 1.